The minimum atomic E-state index is -0.192. The minimum absolute atomic E-state index is 0.144. The zero-order valence-electron chi connectivity index (χ0n) is 17.5. The highest BCUT2D eigenvalue weighted by molar-refractivity contribution is 5.79. The van der Waals surface area contributed by atoms with Gasteiger partial charge in [0.1, 0.15) is 5.82 Å². The van der Waals surface area contributed by atoms with Gasteiger partial charge in [-0.25, -0.2) is 4.39 Å². The molecule has 6 nitrogen and oxygen atoms in total. The van der Waals surface area contributed by atoms with Crippen molar-refractivity contribution in [3.05, 3.63) is 35.6 Å². The number of hydrogen-bond acceptors (Lipinski definition) is 4. The highest BCUT2D eigenvalue weighted by Crippen LogP contribution is 2.34. The van der Waals surface area contributed by atoms with E-state index in [0.29, 0.717) is 19.8 Å². The zero-order chi connectivity index (χ0) is 20.2. The maximum atomic E-state index is 13.8. The molecule has 2 rings (SSSR count). The number of aliphatic imine (C=N–C) groups is 1. The fraction of sp³-hybridized carbons (Fsp3) is 0.667. The van der Waals surface area contributed by atoms with Crippen LogP contribution < -0.4 is 10.6 Å². The number of hydrogen-bond donors (Lipinski definition) is 2. The van der Waals surface area contributed by atoms with Gasteiger partial charge in [0, 0.05) is 65.6 Å². The van der Waals surface area contributed by atoms with E-state index in [-0.39, 0.29) is 11.2 Å². The maximum Gasteiger partial charge on any atom is 0.191 e. The van der Waals surface area contributed by atoms with Crippen LogP contribution in [0.2, 0.25) is 0 Å². The number of methoxy groups -OCH3 is 1. The molecule has 2 N–H and O–H groups in total. The second kappa shape index (κ2) is 12.0. The molecular weight excluding hydrogens is 359 g/mol. The molecular formula is C21H35FN4O2. The Morgan fingerprint density at radius 2 is 2.07 bits per heavy atom. The van der Waals surface area contributed by atoms with Crippen molar-refractivity contribution in [2.75, 3.05) is 67.2 Å². The predicted molar refractivity (Wildman–Crippen MR) is 111 cm³/mol. The van der Waals surface area contributed by atoms with Gasteiger partial charge in [-0.15, -0.1) is 0 Å². The van der Waals surface area contributed by atoms with Crippen molar-refractivity contribution in [1.82, 2.24) is 15.5 Å². The molecule has 1 heterocycles. The predicted octanol–water partition coefficient (Wildman–Crippen LogP) is 2.01. The summed E-state index contributed by atoms with van der Waals surface area (Å²) in [5.74, 6) is 0.579. The Balaban J connectivity index is 1.87. The molecule has 0 atom stereocenters. The summed E-state index contributed by atoms with van der Waals surface area (Å²) in [7, 11) is 5.61. The summed E-state index contributed by atoms with van der Waals surface area (Å²) < 4.78 is 24.5. The van der Waals surface area contributed by atoms with Gasteiger partial charge in [-0.2, -0.15) is 0 Å². The van der Waals surface area contributed by atoms with Gasteiger partial charge in [0.25, 0.3) is 0 Å². The average molecular weight is 395 g/mol. The highest BCUT2D eigenvalue weighted by atomic mass is 19.1. The molecule has 1 aliphatic rings. The Bertz CT molecular complexity index is 606. The third-order valence-electron chi connectivity index (χ3n) is 5.38. The second-order valence-corrected chi connectivity index (χ2v) is 7.41. The van der Waals surface area contributed by atoms with Crippen molar-refractivity contribution >= 4 is 5.96 Å². The maximum absolute atomic E-state index is 13.8. The van der Waals surface area contributed by atoms with Crippen LogP contribution in [-0.4, -0.2) is 78.1 Å². The first-order chi connectivity index (χ1) is 13.6. The number of nitrogens with zero attached hydrogens (tertiary/aromatic N) is 2. The Labute approximate surface area is 168 Å². The Morgan fingerprint density at radius 1 is 1.29 bits per heavy atom. The van der Waals surface area contributed by atoms with Crippen molar-refractivity contribution in [3.63, 3.8) is 0 Å². The van der Waals surface area contributed by atoms with Crippen LogP contribution in [0.25, 0.3) is 0 Å². The van der Waals surface area contributed by atoms with Gasteiger partial charge < -0.3 is 25.0 Å². The van der Waals surface area contributed by atoms with E-state index in [9.17, 15) is 4.39 Å². The topological polar surface area (TPSA) is 58.1 Å². The Morgan fingerprint density at radius 3 is 2.75 bits per heavy atom. The van der Waals surface area contributed by atoms with E-state index in [1.54, 1.807) is 26.3 Å². The number of ether oxygens (including phenoxy) is 2. The molecule has 158 valence electrons. The van der Waals surface area contributed by atoms with Gasteiger partial charge >= 0.3 is 0 Å². The van der Waals surface area contributed by atoms with E-state index in [1.807, 2.05) is 6.07 Å². The Kier molecular flexibility index (Phi) is 9.67. The number of likely N-dealkylation sites (N-methyl/N-ethyl adjacent to an activating group) is 1. The summed E-state index contributed by atoms with van der Waals surface area (Å²) in [6.45, 7) is 5.60. The average Bonchev–Trinajstić information content (AvgIpc) is 2.71. The van der Waals surface area contributed by atoms with E-state index in [4.69, 9.17) is 9.47 Å². The molecule has 0 spiro atoms. The second-order valence-electron chi connectivity index (χ2n) is 7.41. The molecule has 0 saturated carbocycles. The van der Waals surface area contributed by atoms with Crippen LogP contribution in [-0.2, 0) is 14.9 Å². The summed E-state index contributed by atoms with van der Waals surface area (Å²) in [4.78, 5) is 6.61. The summed E-state index contributed by atoms with van der Waals surface area (Å²) in [6, 6.07) is 6.95. The van der Waals surface area contributed by atoms with Crippen molar-refractivity contribution in [2.24, 2.45) is 4.99 Å². The highest BCUT2D eigenvalue weighted by Gasteiger charge is 2.34. The molecule has 0 aromatic heterocycles. The smallest absolute Gasteiger partial charge is 0.191 e. The molecule has 1 fully saturated rings. The van der Waals surface area contributed by atoms with Gasteiger partial charge in [-0.3, -0.25) is 4.99 Å². The van der Waals surface area contributed by atoms with Crippen molar-refractivity contribution < 1.29 is 13.9 Å². The molecule has 0 unspecified atom stereocenters. The fourth-order valence-corrected chi connectivity index (χ4v) is 3.58. The van der Waals surface area contributed by atoms with Crippen LogP contribution in [0.1, 0.15) is 24.8 Å². The molecule has 28 heavy (non-hydrogen) atoms. The van der Waals surface area contributed by atoms with Gasteiger partial charge in [0.05, 0.1) is 0 Å². The molecule has 0 amide bonds. The summed E-state index contributed by atoms with van der Waals surface area (Å²) in [6.07, 6.45) is 2.75. The summed E-state index contributed by atoms with van der Waals surface area (Å²) in [5, 5.41) is 6.82. The molecule has 0 aliphatic carbocycles. The van der Waals surface area contributed by atoms with E-state index in [2.05, 4.69) is 27.6 Å². The van der Waals surface area contributed by atoms with Gasteiger partial charge in [-0.05, 0) is 44.0 Å². The fourth-order valence-electron chi connectivity index (χ4n) is 3.58. The van der Waals surface area contributed by atoms with E-state index in [1.165, 1.54) is 6.07 Å². The monoisotopic (exact) mass is 394 g/mol. The molecule has 1 aliphatic heterocycles. The lowest BCUT2D eigenvalue weighted by Crippen LogP contribution is -2.49. The Hall–Kier alpha value is -1.70. The van der Waals surface area contributed by atoms with Gasteiger partial charge in [-0.1, -0.05) is 12.1 Å². The van der Waals surface area contributed by atoms with Gasteiger partial charge in [0.15, 0.2) is 5.96 Å². The van der Waals surface area contributed by atoms with E-state index >= 15 is 0 Å². The molecule has 7 heteroatoms. The van der Waals surface area contributed by atoms with E-state index < -0.39 is 0 Å². The zero-order valence-corrected chi connectivity index (χ0v) is 17.5. The molecule has 0 bridgehead atoms. The molecule has 1 aromatic rings. The van der Waals surface area contributed by atoms with Crippen LogP contribution in [0.5, 0.6) is 0 Å². The first kappa shape index (κ1) is 22.6. The van der Waals surface area contributed by atoms with Crippen LogP contribution in [0.3, 0.4) is 0 Å². The van der Waals surface area contributed by atoms with E-state index in [0.717, 1.165) is 57.0 Å². The number of halogens is 1. The quantitative estimate of drug-likeness (QED) is 0.361. The van der Waals surface area contributed by atoms with Crippen molar-refractivity contribution in [3.8, 4) is 0 Å². The first-order valence-electron chi connectivity index (χ1n) is 10.1. The lowest BCUT2D eigenvalue weighted by Gasteiger charge is -2.38. The van der Waals surface area contributed by atoms with Crippen molar-refractivity contribution in [2.45, 2.75) is 24.7 Å². The largest absolute Gasteiger partial charge is 0.385 e. The third-order valence-corrected chi connectivity index (χ3v) is 5.38. The normalized spacial score (nSPS) is 17.0. The minimum Gasteiger partial charge on any atom is -0.385 e. The molecule has 0 radical (unpaired) electrons. The summed E-state index contributed by atoms with van der Waals surface area (Å²) in [5.41, 5.74) is 0.881. The van der Waals surface area contributed by atoms with Crippen LogP contribution >= 0.6 is 0 Å². The molecule has 1 saturated heterocycles. The SMILES string of the molecule is CN=C(NCCN(C)CCCOC)NCC1(c2cccc(F)c2)CCOCC1. The van der Waals surface area contributed by atoms with Gasteiger partial charge in [0.2, 0.25) is 0 Å². The number of rotatable bonds is 10. The van der Waals surface area contributed by atoms with Crippen molar-refractivity contribution in [1.29, 1.82) is 0 Å². The van der Waals surface area contributed by atoms with Crippen LogP contribution in [0.15, 0.2) is 29.3 Å². The number of guanidine groups is 1. The molecule has 1 aromatic carbocycles. The van der Waals surface area contributed by atoms with Crippen LogP contribution in [0.4, 0.5) is 4.39 Å². The standard InChI is InChI=1S/C21H35FN4O2/c1-23-20(24-10-12-26(2)11-5-13-27-3)25-17-21(8-14-28-15-9-21)18-6-4-7-19(22)16-18/h4,6-7,16H,5,8-15,17H2,1-3H3,(H2,23,24,25). The third kappa shape index (κ3) is 7.04. The number of benzene rings is 1. The lowest BCUT2D eigenvalue weighted by atomic mass is 9.74. The number of nitrogens with one attached hydrogen (secondary N) is 2. The first-order valence-corrected chi connectivity index (χ1v) is 10.1. The van der Waals surface area contributed by atoms with Crippen LogP contribution in [0, 0.1) is 5.82 Å². The lowest BCUT2D eigenvalue weighted by molar-refractivity contribution is 0.0513. The summed E-state index contributed by atoms with van der Waals surface area (Å²) >= 11 is 0.